The maximum atomic E-state index is 9.82. The van der Waals surface area contributed by atoms with Gasteiger partial charge in [-0.25, -0.2) is 0 Å². The van der Waals surface area contributed by atoms with E-state index in [0.717, 1.165) is 0 Å². The molecule has 0 aromatic carbocycles. The Morgan fingerprint density at radius 1 is 1.89 bits per heavy atom. The summed E-state index contributed by atoms with van der Waals surface area (Å²) in [7, 11) is 0. The first-order valence-corrected chi connectivity index (χ1v) is 2.97. The fourth-order valence-electron chi connectivity index (χ4n) is 0.203. The number of esters is 1. The Bertz CT molecular complexity index is 81.1. The van der Waals surface area contributed by atoms with E-state index in [1.54, 1.807) is 6.92 Å². The number of hydrogen-bond donors (Lipinski definition) is 0. The summed E-state index contributed by atoms with van der Waals surface area (Å²) in [4.78, 5) is 9.82. The number of carbonyl (C=O) groups excluding carboxylic acids is 1. The Labute approximate surface area is 60.5 Å². The van der Waals surface area contributed by atoms with Crippen LogP contribution in [-0.4, -0.2) is 12.6 Å². The molecule has 0 aromatic heterocycles. The Morgan fingerprint density at radius 3 is 2.22 bits per heavy atom. The number of halogens is 1. The molecular formula is C6H11ClO2. The molecule has 0 saturated carbocycles. The van der Waals surface area contributed by atoms with Crippen LogP contribution in [0, 0.1) is 0 Å². The molecule has 0 aliphatic heterocycles. The third-order valence-electron chi connectivity index (χ3n) is 0.348. The first kappa shape index (κ1) is 11.3. The third kappa shape index (κ3) is 36.3. The molecule has 0 N–H and O–H groups in total. The summed E-state index contributed by atoms with van der Waals surface area (Å²) in [5, 5.41) is 0. The van der Waals surface area contributed by atoms with Crippen molar-refractivity contribution in [3.05, 3.63) is 12.1 Å². The molecule has 0 bridgehead atoms. The quantitative estimate of drug-likeness (QED) is 0.534. The lowest BCUT2D eigenvalue weighted by Crippen LogP contribution is -1.95. The van der Waals surface area contributed by atoms with Crippen molar-refractivity contribution in [3.8, 4) is 0 Å². The van der Waals surface area contributed by atoms with E-state index >= 15 is 0 Å². The van der Waals surface area contributed by atoms with Crippen LogP contribution in [-0.2, 0) is 9.53 Å². The van der Waals surface area contributed by atoms with Crippen molar-refractivity contribution in [2.75, 3.05) is 6.61 Å². The largest absolute Gasteiger partial charge is 0.466 e. The molecule has 0 aromatic rings. The summed E-state index contributed by atoms with van der Waals surface area (Å²) >= 11 is 4.76. The molecule has 9 heavy (non-hydrogen) atoms. The van der Waals surface area contributed by atoms with E-state index in [9.17, 15) is 4.79 Å². The minimum atomic E-state index is -0.211. The first-order chi connectivity index (χ1) is 4.18. The number of hydrogen-bond acceptors (Lipinski definition) is 2. The van der Waals surface area contributed by atoms with E-state index in [-0.39, 0.29) is 5.97 Å². The molecule has 0 unspecified atom stereocenters. The molecule has 0 fully saturated rings. The Kier molecular flexibility index (Phi) is 13.2. The second-order valence-corrected chi connectivity index (χ2v) is 1.39. The summed E-state index contributed by atoms with van der Waals surface area (Å²) < 4.78 is 4.40. The molecule has 0 atom stereocenters. The van der Waals surface area contributed by atoms with Crippen LogP contribution in [0.15, 0.2) is 12.1 Å². The SMILES string of the molecule is C=CCl.CCOC(C)=O. The minimum Gasteiger partial charge on any atom is -0.466 e. The lowest BCUT2D eigenvalue weighted by atomic mass is 10.8. The Morgan fingerprint density at radius 2 is 2.22 bits per heavy atom. The van der Waals surface area contributed by atoms with Gasteiger partial charge in [0.1, 0.15) is 0 Å². The molecule has 0 aliphatic rings. The number of rotatable bonds is 1. The van der Waals surface area contributed by atoms with Crippen LogP contribution in [0.5, 0.6) is 0 Å². The van der Waals surface area contributed by atoms with E-state index in [2.05, 4.69) is 11.3 Å². The van der Waals surface area contributed by atoms with Gasteiger partial charge in [0, 0.05) is 6.92 Å². The molecule has 0 amide bonds. The van der Waals surface area contributed by atoms with E-state index in [1.165, 1.54) is 12.5 Å². The molecule has 2 nitrogen and oxygen atoms in total. The van der Waals surface area contributed by atoms with Crippen molar-refractivity contribution in [2.45, 2.75) is 13.8 Å². The summed E-state index contributed by atoms with van der Waals surface area (Å²) in [6.45, 7) is 6.78. The van der Waals surface area contributed by atoms with Crippen LogP contribution in [0.3, 0.4) is 0 Å². The average molecular weight is 151 g/mol. The van der Waals surface area contributed by atoms with Gasteiger partial charge in [-0.15, -0.1) is 0 Å². The van der Waals surface area contributed by atoms with Gasteiger partial charge in [0.05, 0.1) is 6.61 Å². The van der Waals surface area contributed by atoms with Crippen LogP contribution in [0.4, 0.5) is 0 Å². The fraction of sp³-hybridized carbons (Fsp3) is 0.500. The lowest BCUT2D eigenvalue weighted by molar-refractivity contribution is -0.140. The van der Waals surface area contributed by atoms with Gasteiger partial charge in [0.2, 0.25) is 0 Å². The highest BCUT2D eigenvalue weighted by molar-refractivity contribution is 6.25. The lowest BCUT2D eigenvalue weighted by Gasteiger charge is -1.89. The number of carbonyl (C=O) groups is 1. The second kappa shape index (κ2) is 10.5. The monoisotopic (exact) mass is 150 g/mol. The maximum Gasteiger partial charge on any atom is 0.302 e. The van der Waals surface area contributed by atoms with Crippen LogP contribution in [0.1, 0.15) is 13.8 Å². The van der Waals surface area contributed by atoms with Crippen molar-refractivity contribution in [3.63, 3.8) is 0 Å². The maximum absolute atomic E-state index is 9.82. The van der Waals surface area contributed by atoms with Gasteiger partial charge < -0.3 is 4.74 Å². The van der Waals surface area contributed by atoms with Crippen molar-refractivity contribution in [1.29, 1.82) is 0 Å². The zero-order valence-electron chi connectivity index (χ0n) is 5.69. The second-order valence-electron chi connectivity index (χ2n) is 1.08. The molecule has 0 rings (SSSR count). The fourth-order valence-corrected chi connectivity index (χ4v) is 0.203. The summed E-state index contributed by atoms with van der Waals surface area (Å²) in [5.74, 6) is -0.211. The molecule has 0 saturated heterocycles. The smallest absolute Gasteiger partial charge is 0.302 e. The van der Waals surface area contributed by atoms with E-state index in [4.69, 9.17) is 11.6 Å². The molecule has 0 radical (unpaired) electrons. The normalized spacial score (nSPS) is 6.56. The van der Waals surface area contributed by atoms with Gasteiger partial charge in [-0.1, -0.05) is 18.2 Å². The minimum absolute atomic E-state index is 0.211. The average Bonchev–Trinajstić information content (AvgIpc) is 1.67. The Balaban J connectivity index is 0. The third-order valence-corrected chi connectivity index (χ3v) is 0.348. The van der Waals surface area contributed by atoms with E-state index in [0.29, 0.717) is 6.61 Å². The van der Waals surface area contributed by atoms with Crippen molar-refractivity contribution in [1.82, 2.24) is 0 Å². The highest BCUT2D eigenvalue weighted by Gasteiger charge is 1.81. The van der Waals surface area contributed by atoms with Crippen LogP contribution >= 0.6 is 11.6 Å². The van der Waals surface area contributed by atoms with Crippen LogP contribution in [0.25, 0.3) is 0 Å². The van der Waals surface area contributed by atoms with Gasteiger partial charge in [-0.2, -0.15) is 0 Å². The summed E-state index contributed by atoms with van der Waals surface area (Å²) in [6.07, 6.45) is 0. The van der Waals surface area contributed by atoms with Crippen molar-refractivity contribution in [2.24, 2.45) is 0 Å². The molecule has 0 spiro atoms. The highest BCUT2D eigenvalue weighted by Crippen LogP contribution is 1.69. The van der Waals surface area contributed by atoms with Gasteiger partial charge in [0.15, 0.2) is 0 Å². The molecular weight excluding hydrogens is 140 g/mol. The summed E-state index contributed by atoms with van der Waals surface area (Å²) in [6, 6.07) is 0. The predicted molar refractivity (Wildman–Crippen MR) is 38.4 cm³/mol. The molecule has 0 aliphatic carbocycles. The predicted octanol–water partition coefficient (Wildman–Crippen LogP) is 1.94. The van der Waals surface area contributed by atoms with Gasteiger partial charge in [-0.05, 0) is 12.5 Å². The number of ether oxygens (including phenoxy) is 1. The topological polar surface area (TPSA) is 26.3 Å². The molecule has 54 valence electrons. The van der Waals surface area contributed by atoms with Crippen LogP contribution < -0.4 is 0 Å². The van der Waals surface area contributed by atoms with Gasteiger partial charge >= 0.3 is 5.97 Å². The van der Waals surface area contributed by atoms with Gasteiger partial charge in [0.25, 0.3) is 0 Å². The highest BCUT2D eigenvalue weighted by atomic mass is 35.5. The van der Waals surface area contributed by atoms with Crippen molar-refractivity contribution >= 4 is 17.6 Å². The van der Waals surface area contributed by atoms with E-state index < -0.39 is 0 Å². The van der Waals surface area contributed by atoms with E-state index in [1.807, 2.05) is 0 Å². The standard InChI is InChI=1S/C4H8O2.C2H3Cl/c1-3-6-4(2)5;1-2-3/h3H2,1-2H3;2H,1H2. The van der Waals surface area contributed by atoms with Crippen LogP contribution in [0.2, 0.25) is 0 Å². The zero-order chi connectivity index (χ0) is 7.70. The van der Waals surface area contributed by atoms with Gasteiger partial charge in [-0.3, -0.25) is 4.79 Å². The summed E-state index contributed by atoms with van der Waals surface area (Å²) in [5.41, 5.74) is 1.22. The Hall–Kier alpha value is -0.500. The zero-order valence-corrected chi connectivity index (χ0v) is 6.44. The first-order valence-electron chi connectivity index (χ1n) is 2.53. The van der Waals surface area contributed by atoms with Crippen molar-refractivity contribution < 1.29 is 9.53 Å². The molecule has 3 heteroatoms. The molecule has 0 heterocycles.